The van der Waals surface area contributed by atoms with Crippen LogP contribution < -0.4 is 10.5 Å². The fourth-order valence-electron chi connectivity index (χ4n) is 1.58. The van der Waals surface area contributed by atoms with Gasteiger partial charge >= 0.3 is 5.97 Å². The summed E-state index contributed by atoms with van der Waals surface area (Å²) in [6.07, 6.45) is 0. The van der Waals surface area contributed by atoms with Crippen molar-refractivity contribution in [2.75, 3.05) is 12.8 Å². The van der Waals surface area contributed by atoms with Gasteiger partial charge in [-0.3, -0.25) is 0 Å². The number of hydrogen-bond acceptors (Lipinski definition) is 6. The first kappa shape index (κ1) is 12.9. The number of carbonyl (C=O) groups is 1. The van der Waals surface area contributed by atoms with Gasteiger partial charge in [0, 0.05) is 0 Å². The second kappa shape index (κ2) is 5.43. The van der Waals surface area contributed by atoms with Crippen molar-refractivity contribution in [3.05, 3.63) is 41.1 Å². The van der Waals surface area contributed by atoms with E-state index in [-0.39, 0.29) is 18.1 Å². The van der Waals surface area contributed by atoms with E-state index >= 15 is 0 Å². The Morgan fingerprint density at radius 3 is 2.58 bits per heavy atom. The van der Waals surface area contributed by atoms with Gasteiger partial charge in [0.15, 0.2) is 0 Å². The first-order chi connectivity index (χ1) is 9.11. The molecule has 0 fully saturated rings. The van der Waals surface area contributed by atoms with Gasteiger partial charge in [0.25, 0.3) is 0 Å². The van der Waals surface area contributed by atoms with Crippen molar-refractivity contribution in [2.45, 2.75) is 13.5 Å². The molecule has 0 radical (unpaired) electrons. The van der Waals surface area contributed by atoms with Gasteiger partial charge in [0.05, 0.1) is 12.8 Å². The summed E-state index contributed by atoms with van der Waals surface area (Å²) in [7, 11) is 1.59. The first-order valence-corrected chi connectivity index (χ1v) is 5.63. The summed E-state index contributed by atoms with van der Waals surface area (Å²) in [5.41, 5.74) is 6.94. The Hall–Kier alpha value is -2.50. The molecule has 0 aliphatic rings. The van der Waals surface area contributed by atoms with Crippen molar-refractivity contribution in [3.63, 3.8) is 0 Å². The topological polar surface area (TPSA) is 87.6 Å². The number of carbonyl (C=O) groups excluding carboxylic acids is 1. The average Bonchev–Trinajstić information content (AvgIpc) is 2.76. The number of ether oxygens (including phenoxy) is 2. The molecule has 2 aromatic rings. The molecule has 1 heterocycles. The SMILES string of the molecule is COc1ccc(COC(=O)c2c(C)noc2N)cc1. The number of esters is 1. The number of nitrogen functional groups attached to an aromatic ring is 1. The summed E-state index contributed by atoms with van der Waals surface area (Å²) in [5.74, 6) is 0.165. The molecule has 2 N–H and O–H groups in total. The minimum atomic E-state index is -0.549. The quantitative estimate of drug-likeness (QED) is 0.847. The molecule has 0 amide bonds. The van der Waals surface area contributed by atoms with Gasteiger partial charge in [-0.05, 0) is 24.6 Å². The number of rotatable bonds is 4. The zero-order valence-corrected chi connectivity index (χ0v) is 10.7. The second-order valence-corrected chi connectivity index (χ2v) is 3.93. The molecule has 0 spiro atoms. The molecule has 0 atom stereocenters. The van der Waals surface area contributed by atoms with E-state index in [4.69, 9.17) is 19.7 Å². The van der Waals surface area contributed by atoms with Gasteiger partial charge in [-0.2, -0.15) is 0 Å². The van der Waals surface area contributed by atoms with Crippen molar-refractivity contribution < 1.29 is 18.8 Å². The first-order valence-electron chi connectivity index (χ1n) is 5.63. The van der Waals surface area contributed by atoms with E-state index in [0.29, 0.717) is 5.69 Å². The maximum absolute atomic E-state index is 11.8. The second-order valence-electron chi connectivity index (χ2n) is 3.93. The van der Waals surface area contributed by atoms with Crippen LogP contribution in [0.2, 0.25) is 0 Å². The van der Waals surface area contributed by atoms with Gasteiger partial charge in [0.1, 0.15) is 17.9 Å². The normalized spacial score (nSPS) is 10.2. The Kier molecular flexibility index (Phi) is 3.70. The summed E-state index contributed by atoms with van der Waals surface area (Å²) in [6.45, 7) is 1.77. The van der Waals surface area contributed by atoms with E-state index in [9.17, 15) is 4.79 Å². The van der Waals surface area contributed by atoms with Crippen molar-refractivity contribution in [3.8, 4) is 5.75 Å². The lowest BCUT2D eigenvalue weighted by Crippen LogP contribution is -2.08. The number of aromatic nitrogens is 1. The van der Waals surface area contributed by atoms with Gasteiger partial charge in [-0.25, -0.2) is 4.79 Å². The van der Waals surface area contributed by atoms with Crippen LogP contribution in [0.3, 0.4) is 0 Å². The maximum Gasteiger partial charge on any atom is 0.346 e. The lowest BCUT2D eigenvalue weighted by atomic mass is 10.2. The minimum absolute atomic E-state index is 0.0303. The van der Waals surface area contributed by atoms with Gasteiger partial charge in [-0.1, -0.05) is 17.3 Å². The van der Waals surface area contributed by atoms with Crippen LogP contribution in [-0.4, -0.2) is 18.2 Å². The van der Waals surface area contributed by atoms with E-state index in [1.54, 1.807) is 26.2 Å². The van der Waals surface area contributed by atoms with E-state index in [1.165, 1.54) is 0 Å². The van der Waals surface area contributed by atoms with E-state index in [1.807, 2.05) is 12.1 Å². The Balaban J connectivity index is 2.00. The zero-order valence-electron chi connectivity index (χ0n) is 10.7. The predicted molar refractivity (Wildman–Crippen MR) is 67.8 cm³/mol. The fourth-order valence-corrected chi connectivity index (χ4v) is 1.58. The highest BCUT2D eigenvalue weighted by molar-refractivity contribution is 5.94. The van der Waals surface area contributed by atoms with Crippen molar-refractivity contribution >= 4 is 11.9 Å². The minimum Gasteiger partial charge on any atom is -0.497 e. The molecule has 6 nitrogen and oxygen atoms in total. The smallest absolute Gasteiger partial charge is 0.346 e. The summed E-state index contributed by atoms with van der Waals surface area (Å²) in [5, 5.41) is 3.60. The van der Waals surface area contributed by atoms with Gasteiger partial charge < -0.3 is 19.7 Å². The van der Waals surface area contributed by atoms with E-state index in [0.717, 1.165) is 11.3 Å². The Morgan fingerprint density at radius 1 is 1.37 bits per heavy atom. The fraction of sp³-hybridized carbons (Fsp3) is 0.231. The molecule has 6 heteroatoms. The highest BCUT2D eigenvalue weighted by atomic mass is 16.5. The Labute approximate surface area is 110 Å². The number of aryl methyl sites for hydroxylation is 1. The summed E-state index contributed by atoms with van der Waals surface area (Å²) in [4.78, 5) is 11.8. The largest absolute Gasteiger partial charge is 0.497 e. The standard InChI is InChI=1S/C13H14N2O4/c1-8-11(12(14)19-15-8)13(16)18-7-9-3-5-10(17-2)6-4-9/h3-6H,7,14H2,1-2H3. The number of anilines is 1. The number of nitrogens with zero attached hydrogens (tertiary/aromatic N) is 1. The van der Waals surface area contributed by atoms with Crippen LogP contribution in [0.15, 0.2) is 28.8 Å². The Morgan fingerprint density at radius 2 is 2.05 bits per heavy atom. The predicted octanol–water partition coefficient (Wildman–Crippen LogP) is 1.93. The van der Waals surface area contributed by atoms with Crippen LogP contribution in [0.5, 0.6) is 5.75 Å². The molecule has 0 saturated heterocycles. The molecule has 0 aliphatic heterocycles. The monoisotopic (exact) mass is 262 g/mol. The third-order valence-electron chi connectivity index (χ3n) is 2.62. The Bertz CT molecular complexity index is 555. The van der Waals surface area contributed by atoms with Crippen LogP contribution in [0.1, 0.15) is 21.6 Å². The van der Waals surface area contributed by atoms with Crippen LogP contribution >= 0.6 is 0 Å². The molecular formula is C13H14N2O4. The van der Waals surface area contributed by atoms with Crippen LogP contribution in [-0.2, 0) is 11.3 Å². The van der Waals surface area contributed by atoms with E-state index < -0.39 is 5.97 Å². The summed E-state index contributed by atoms with van der Waals surface area (Å²) in [6, 6.07) is 7.22. The average molecular weight is 262 g/mol. The van der Waals surface area contributed by atoms with Gasteiger partial charge in [-0.15, -0.1) is 0 Å². The van der Waals surface area contributed by atoms with Crippen molar-refractivity contribution in [1.29, 1.82) is 0 Å². The summed E-state index contributed by atoms with van der Waals surface area (Å²) >= 11 is 0. The van der Waals surface area contributed by atoms with Crippen LogP contribution in [0, 0.1) is 6.92 Å². The molecule has 1 aromatic heterocycles. The van der Waals surface area contributed by atoms with Crippen LogP contribution in [0.4, 0.5) is 5.88 Å². The summed E-state index contributed by atoms with van der Waals surface area (Å²) < 4.78 is 14.9. The lowest BCUT2D eigenvalue weighted by molar-refractivity contribution is 0.0472. The number of nitrogens with two attached hydrogens (primary N) is 1. The zero-order chi connectivity index (χ0) is 13.8. The molecule has 0 bridgehead atoms. The van der Waals surface area contributed by atoms with Crippen molar-refractivity contribution in [2.24, 2.45) is 0 Å². The number of methoxy groups -OCH3 is 1. The number of hydrogen-bond donors (Lipinski definition) is 1. The lowest BCUT2D eigenvalue weighted by Gasteiger charge is -2.05. The number of benzene rings is 1. The third-order valence-corrected chi connectivity index (χ3v) is 2.62. The molecule has 19 heavy (non-hydrogen) atoms. The molecule has 0 saturated carbocycles. The van der Waals surface area contributed by atoms with Gasteiger partial charge in [0.2, 0.25) is 5.88 Å². The molecule has 0 unspecified atom stereocenters. The molecular weight excluding hydrogens is 248 g/mol. The highest BCUT2D eigenvalue weighted by Crippen LogP contribution is 2.18. The third kappa shape index (κ3) is 2.85. The van der Waals surface area contributed by atoms with E-state index in [2.05, 4.69) is 5.16 Å². The highest BCUT2D eigenvalue weighted by Gasteiger charge is 2.19. The van der Waals surface area contributed by atoms with Crippen molar-refractivity contribution in [1.82, 2.24) is 5.16 Å². The molecule has 0 aliphatic carbocycles. The maximum atomic E-state index is 11.8. The molecule has 100 valence electrons. The molecule has 2 rings (SSSR count). The van der Waals surface area contributed by atoms with Crippen LogP contribution in [0.25, 0.3) is 0 Å². The molecule has 1 aromatic carbocycles.